The minimum atomic E-state index is -6.08. The van der Waals surface area contributed by atoms with E-state index >= 15 is 0 Å². The molecule has 0 N–H and O–H groups in total. The Morgan fingerprint density at radius 2 is 1.26 bits per heavy atom. The number of hydrogen-bond donors (Lipinski definition) is 0. The first-order valence-electron chi connectivity index (χ1n) is 5.63. The number of rotatable bonds is 3. The van der Waals surface area contributed by atoms with Crippen molar-refractivity contribution in [2.75, 3.05) is 13.1 Å². The summed E-state index contributed by atoms with van der Waals surface area (Å²) in [7, 11) is 0. The summed E-state index contributed by atoms with van der Waals surface area (Å²) in [6, 6.07) is -3.63. The summed E-state index contributed by atoms with van der Waals surface area (Å²) in [6.07, 6.45) is -5.03. The molecule has 1 unspecified atom stereocenters. The number of carbonyl (C=O) groups is 1. The fourth-order valence-electron chi connectivity index (χ4n) is 2.06. The molecule has 0 aliphatic carbocycles. The lowest BCUT2D eigenvalue weighted by Gasteiger charge is -2.40. The number of carbonyl (C=O) groups excluding carboxylic acids is 1. The van der Waals surface area contributed by atoms with Crippen molar-refractivity contribution in [3.8, 4) is 0 Å². The monoisotopic (exact) mass is 295 g/mol. The van der Waals surface area contributed by atoms with Crippen LogP contribution in [-0.4, -0.2) is 41.9 Å². The lowest BCUT2D eigenvalue weighted by Crippen LogP contribution is -2.68. The van der Waals surface area contributed by atoms with Crippen LogP contribution >= 0.6 is 0 Å². The summed E-state index contributed by atoms with van der Waals surface area (Å²) in [4.78, 5) is 9.92. The van der Waals surface area contributed by atoms with Crippen molar-refractivity contribution in [2.45, 2.75) is 43.6 Å². The molecule has 1 fully saturated rings. The second-order valence-corrected chi connectivity index (χ2v) is 4.37. The second-order valence-electron chi connectivity index (χ2n) is 4.37. The Bertz CT molecular complexity index is 335. The predicted molar refractivity (Wildman–Crippen MR) is 51.0 cm³/mol. The molecule has 1 aliphatic heterocycles. The van der Waals surface area contributed by atoms with Gasteiger partial charge >= 0.3 is 23.9 Å². The highest BCUT2D eigenvalue weighted by atomic mass is 19.4. The highest BCUT2D eigenvalue weighted by Gasteiger charge is 2.77. The summed E-state index contributed by atoms with van der Waals surface area (Å²) < 4.78 is 90.5. The molecule has 1 heterocycles. The van der Waals surface area contributed by atoms with Gasteiger partial charge < -0.3 is 0 Å². The van der Waals surface area contributed by atoms with Gasteiger partial charge in [-0.15, -0.1) is 0 Å². The average Bonchev–Trinajstić information content (AvgIpc) is 2.54. The van der Waals surface area contributed by atoms with Crippen LogP contribution < -0.4 is 0 Å². The zero-order chi connectivity index (χ0) is 14.9. The van der Waals surface area contributed by atoms with E-state index < -0.39 is 37.0 Å². The van der Waals surface area contributed by atoms with Crippen molar-refractivity contribution in [1.29, 1.82) is 0 Å². The molecule has 0 aromatic rings. The smallest absolute Gasteiger partial charge is 0.258 e. The number of likely N-dealkylation sites (tertiary alicyclic amines) is 1. The minimum absolute atomic E-state index is 0.0678. The van der Waals surface area contributed by atoms with Gasteiger partial charge in [0.2, 0.25) is 0 Å². The Kier molecular flexibility index (Phi) is 4.48. The van der Waals surface area contributed by atoms with Crippen molar-refractivity contribution >= 4 is 6.04 Å². The summed E-state index contributed by atoms with van der Waals surface area (Å²) in [6.45, 7) is -1.22. The van der Waals surface area contributed by atoms with E-state index in [9.17, 15) is 35.5 Å². The molecule has 0 radical (unpaired) electrons. The Balaban J connectivity index is 3.23. The Morgan fingerprint density at radius 1 is 0.842 bits per heavy atom. The third kappa shape index (κ3) is 2.70. The average molecular weight is 295 g/mol. The highest BCUT2D eigenvalue weighted by molar-refractivity contribution is 5.78. The van der Waals surface area contributed by atoms with E-state index in [1.54, 1.807) is 0 Å². The zero-order valence-electron chi connectivity index (χ0n) is 9.74. The third-order valence-electron chi connectivity index (χ3n) is 3.08. The number of nitrogens with zero attached hydrogens (tertiary/aromatic N) is 1. The largest absolute Gasteiger partial charge is 0.443 e. The molecule has 0 bridgehead atoms. The molecule has 1 rings (SSSR count). The predicted octanol–water partition coefficient (Wildman–Crippen LogP) is 3.22. The molecule has 2 nitrogen and oxygen atoms in total. The van der Waals surface area contributed by atoms with E-state index in [0.717, 1.165) is 0 Å². The van der Waals surface area contributed by atoms with Gasteiger partial charge in [-0.1, -0.05) is 12.8 Å². The molecule has 1 atom stereocenters. The molecule has 112 valence electrons. The lowest BCUT2D eigenvalue weighted by atomic mass is 10.0. The Morgan fingerprint density at radius 3 is 1.58 bits per heavy atom. The molecule has 0 aromatic heterocycles. The maximum absolute atomic E-state index is 14.0. The molecular formula is C10H12F7NO. The fraction of sp³-hybridized carbons (Fsp3) is 0.900. The van der Waals surface area contributed by atoms with Gasteiger partial charge in [0.1, 0.15) is 0 Å². The van der Waals surface area contributed by atoms with Crippen molar-refractivity contribution in [3.05, 3.63) is 0 Å². The van der Waals surface area contributed by atoms with E-state index in [1.165, 1.54) is 0 Å². The first-order chi connectivity index (χ1) is 8.55. The second kappa shape index (κ2) is 5.26. The van der Waals surface area contributed by atoms with Crippen molar-refractivity contribution in [2.24, 2.45) is 0 Å². The van der Waals surface area contributed by atoms with Gasteiger partial charge in [0, 0.05) is 13.1 Å². The van der Waals surface area contributed by atoms with Crippen molar-refractivity contribution < 1.29 is 35.5 Å². The lowest BCUT2D eigenvalue weighted by molar-refractivity contribution is -0.346. The minimum Gasteiger partial charge on any atom is -0.258 e. The van der Waals surface area contributed by atoms with Crippen molar-refractivity contribution in [3.63, 3.8) is 0 Å². The normalized spacial score (nSPS) is 22.7. The molecule has 0 spiro atoms. The van der Waals surface area contributed by atoms with Crippen LogP contribution in [0.1, 0.15) is 25.7 Å². The maximum atomic E-state index is 14.0. The van der Waals surface area contributed by atoms with Gasteiger partial charge in [-0.3, -0.25) is 9.69 Å². The van der Waals surface area contributed by atoms with Crippen LogP contribution in [0.15, 0.2) is 0 Å². The summed E-state index contributed by atoms with van der Waals surface area (Å²) in [5, 5.41) is 0. The van der Waals surface area contributed by atoms with Crippen LogP contribution in [0.25, 0.3) is 0 Å². The number of alkyl halides is 6. The molecule has 19 heavy (non-hydrogen) atoms. The fourth-order valence-corrected chi connectivity index (χ4v) is 2.06. The van der Waals surface area contributed by atoms with Crippen LogP contribution in [0.3, 0.4) is 0 Å². The number of halogens is 7. The highest BCUT2D eigenvalue weighted by Crippen LogP contribution is 2.48. The van der Waals surface area contributed by atoms with Crippen LogP contribution in [-0.2, 0) is 4.79 Å². The first kappa shape index (κ1) is 16.2. The van der Waals surface area contributed by atoms with Crippen LogP contribution in [0.4, 0.5) is 30.7 Å². The standard InChI is InChI=1S/C10H12F7NO/c11-7(19)8(12,13)9(14,10(15,16)17)18-5-3-1-2-4-6-18/h1-6H2. The van der Waals surface area contributed by atoms with Gasteiger partial charge in [0.25, 0.3) is 0 Å². The van der Waals surface area contributed by atoms with Gasteiger partial charge in [-0.2, -0.15) is 26.3 Å². The van der Waals surface area contributed by atoms with Crippen molar-refractivity contribution in [1.82, 2.24) is 4.90 Å². The molecule has 9 heteroatoms. The van der Waals surface area contributed by atoms with E-state index in [-0.39, 0.29) is 17.7 Å². The zero-order valence-corrected chi connectivity index (χ0v) is 9.74. The molecular weight excluding hydrogens is 283 g/mol. The first-order valence-corrected chi connectivity index (χ1v) is 5.63. The van der Waals surface area contributed by atoms with Gasteiger partial charge in [0.15, 0.2) is 0 Å². The molecule has 0 amide bonds. The Hall–Kier alpha value is -0.860. The van der Waals surface area contributed by atoms with E-state index in [2.05, 4.69) is 0 Å². The molecule has 1 aliphatic rings. The third-order valence-corrected chi connectivity index (χ3v) is 3.08. The van der Waals surface area contributed by atoms with Crippen LogP contribution in [0, 0.1) is 0 Å². The van der Waals surface area contributed by atoms with E-state index in [4.69, 9.17) is 0 Å². The summed E-state index contributed by atoms with van der Waals surface area (Å²) in [5.41, 5.74) is 0. The number of hydrogen-bond acceptors (Lipinski definition) is 2. The molecule has 0 aromatic carbocycles. The SMILES string of the molecule is O=C(F)C(F)(F)C(F)(N1CCCCCC1)C(F)(F)F. The quantitative estimate of drug-likeness (QED) is 0.452. The topological polar surface area (TPSA) is 20.3 Å². The van der Waals surface area contributed by atoms with Gasteiger partial charge in [-0.25, -0.2) is 4.39 Å². The summed E-state index contributed by atoms with van der Waals surface area (Å²) in [5.74, 6) is -11.1. The Labute approximate surface area is 104 Å². The maximum Gasteiger partial charge on any atom is 0.443 e. The van der Waals surface area contributed by atoms with Gasteiger partial charge in [0.05, 0.1) is 0 Å². The summed E-state index contributed by atoms with van der Waals surface area (Å²) >= 11 is 0. The molecule has 0 saturated carbocycles. The molecule has 1 saturated heterocycles. The van der Waals surface area contributed by atoms with Gasteiger partial charge in [-0.05, 0) is 12.8 Å². The van der Waals surface area contributed by atoms with E-state index in [1.807, 2.05) is 0 Å². The van der Waals surface area contributed by atoms with Crippen LogP contribution in [0.5, 0.6) is 0 Å². The van der Waals surface area contributed by atoms with Crippen LogP contribution in [0.2, 0.25) is 0 Å². The van der Waals surface area contributed by atoms with E-state index in [0.29, 0.717) is 12.8 Å².